The molecule has 0 fully saturated rings. The van der Waals surface area contributed by atoms with Crippen LogP contribution in [0.4, 0.5) is 0 Å². The van der Waals surface area contributed by atoms with Crippen LogP contribution in [0, 0.1) is 0 Å². The van der Waals surface area contributed by atoms with Crippen LogP contribution in [0.15, 0.2) is 60.7 Å². The molecule has 0 bridgehead atoms. The van der Waals surface area contributed by atoms with E-state index in [0.717, 1.165) is 0 Å². The molecule has 0 radical (unpaired) electrons. The van der Waals surface area contributed by atoms with Crippen LogP contribution in [-0.2, 0) is 9.47 Å². The Bertz CT molecular complexity index is 365. The van der Waals surface area contributed by atoms with E-state index in [-0.39, 0.29) is 0 Å². The summed E-state index contributed by atoms with van der Waals surface area (Å²) in [5.74, 6) is 0.484. The third kappa shape index (κ3) is 11.7. The molecule has 117 valence electrons. The van der Waals surface area contributed by atoms with E-state index in [0.29, 0.717) is 15.4 Å². The van der Waals surface area contributed by atoms with Gasteiger partial charge in [0, 0.05) is 5.92 Å². The molecular formula is C18H26I2V. The number of benzene rings is 2. The van der Waals surface area contributed by atoms with Gasteiger partial charge in [-0.25, -0.2) is 0 Å². The van der Waals surface area contributed by atoms with Crippen molar-refractivity contribution in [2.75, 3.05) is 0 Å². The van der Waals surface area contributed by atoms with Gasteiger partial charge in [-0.3, -0.25) is 0 Å². The Morgan fingerprint density at radius 1 is 0.667 bits per heavy atom. The molecule has 3 heteroatoms. The summed E-state index contributed by atoms with van der Waals surface area (Å²) in [6.07, 6.45) is 0. The second-order valence-electron chi connectivity index (χ2n) is 3.61. The van der Waals surface area contributed by atoms with Crippen LogP contribution < -0.4 is 0 Å². The molecule has 0 spiro atoms. The van der Waals surface area contributed by atoms with Crippen LogP contribution in [0.5, 0.6) is 0 Å². The van der Waals surface area contributed by atoms with Crippen molar-refractivity contribution in [1.82, 2.24) is 0 Å². The molecule has 0 saturated carbocycles. The predicted octanol–water partition coefficient (Wildman–Crippen LogP) is 7.66. The van der Waals surface area contributed by atoms with Crippen LogP contribution in [0.25, 0.3) is 0 Å². The standard InChI is InChI=1S/C14H14.2C2H6.2HI.V/c1-12(13-8-4-2-5-9-13)14-10-6-3-7-11-14;2*1-2;;;/h2-12H,1H3;2*1-2H3;2*1H;/q;;;;;+2/p-2. The quantitative estimate of drug-likeness (QED) is 0.339. The van der Waals surface area contributed by atoms with E-state index in [1.54, 1.807) is 0 Å². The molecule has 0 nitrogen and oxygen atoms in total. The van der Waals surface area contributed by atoms with Crippen LogP contribution in [0.2, 0.25) is 0 Å². The van der Waals surface area contributed by atoms with Gasteiger partial charge in [-0.05, 0) is 11.1 Å². The molecule has 2 aromatic rings. The second kappa shape index (κ2) is 18.5. The Morgan fingerprint density at radius 3 is 1.14 bits per heavy atom. The van der Waals surface area contributed by atoms with Crippen LogP contribution in [0.3, 0.4) is 0 Å². The molecule has 0 saturated heterocycles. The monoisotopic (exact) mass is 547 g/mol. The Kier molecular flexibility index (Phi) is 21.0. The molecule has 0 heterocycles. The molecule has 2 rings (SSSR count). The first-order valence-corrected chi connectivity index (χ1v) is 16.3. The fraction of sp³-hybridized carbons (Fsp3) is 0.333. The van der Waals surface area contributed by atoms with Crippen molar-refractivity contribution < 1.29 is 9.47 Å². The summed E-state index contributed by atoms with van der Waals surface area (Å²) < 4.78 is 0. The number of hydrogen-bond acceptors (Lipinski definition) is 0. The van der Waals surface area contributed by atoms with Gasteiger partial charge in [-0.2, -0.15) is 0 Å². The van der Waals surface area contributed by atoms with Gasteiger partial charge in [0.15, 0.2) is 0 Å². The van der Waals surface area contributed by atoms with E-state index in [1.807, 2.05) is 27.7 Å². The van der Waals surface area contributed by atoms with E-state index < -0.39 is 0 Å². The Hall–Kier alpha value is 0.484. The summed E-state index contributed by atoms with van der Waals surface area (Å²) in [7, 11) is 0.628. The molecule has 0 aromatic heterocycles. The van der Waals surface area contributed by atoms with Gasteiger partial charge in [-0.1, -0.05) is 95.3 Å². The normalized spacial score (nSPS) is 8.19. The van der Waals surface area contributed by atoms with Gasteiger partial charge in [0.25, 0.3) is 0 Å². The molecule has 2 aromatic carbocycles. The minimum absolute atomic E-state index is 0.484. The number of rotatable bonds is 2. The first-order chi connectivity index (χ1) is 10.3. The molecule has 0 unspecified atom stereocenters. The molecule has 0 aliphatic rings. The van der Waals surface area contributed by atoms with Gasteiger partial charge in [0.2, 0.25) is 0 Å². The molecule has 21 heavy (non-hydrogen) atoms. The van der Waals surface area contributed by atoms with Gasteiger partial charge >= 0.3 is 49.4 Å². The van der Waals surface area contributed by atoms with Crippen molar-refractivity contribution in [3.05, 3.63) is 71.8 Å². The van der Waals surface area contributed by atoms with Gasteiger partial charge < -0.3 is 0 Å². The summed E-state index contributed by atoms with van der Waals surface area (Å²) in [4.78, 5) is 0. The average Bonchev–Trinajstić information content (AvgIpc) is 2.60. The van der Waals surface area contributed by atoms with Gasteiger partial charge in [0.1, 0.15) is 0 Å². The third-order valence-electron chi connectivity index (χ3n) is 2.60. The van der Waals surface area contributed by atoms with Gasteiger partial charge in [-0.15, -0.1) is 0 Å². The fourth-order valence-corrected chi connectivity index (χ4v) is 1.68. The zero-order chi connectivity index (χ0) is 16.5. The van der Waals surface area contributed by atoms with Crippen molar-refractivity contribution in [3.63, 3.8) is 0 Å². The first-order valence-electron chi connectivity index (χ1n) is 7.31. The van der Waals surface area contributed by atoms with Crippen molar-refractivity contribution in [3.8, 4) is 0 Å². The van der Waals surface area contributed by atoms with Crippen LogP contribution >= 0.6 is 40.0 Å². The van der Waals surface area contributed by atoms with Crippen molar-refractivity contribution >= 4 is 40.0 Å². The summed E-state index contributed by atoms with van der Waals surface area (Å²) in [6, 6.07) is 21.2. The summed E-state index contributed by atoms with van der Waals surface area (Å²) in [5, 5.41) is 0. The van der Waals surface area contributed by atoms with E-state index in [1.165, 1.54) is 11.1 Å². The summed E-state index contributed by atoms with van der Waals surface area (Å²) in [6.45, 7) is 10.2. The summed E-state index contributed by atoms with van der Waals surface area (Å²) in [5.41, 5.74) is 2.75. The SMILES string of the molecule is CC.CC.CC(c1ccccc1)c1ccccc1.[I][V][I]. The molecule has 0 N–H and O–H groups in total. The van der Waals surface area contributed by atoms with E-state index in [4.69, 9.17) is 0 Å². The van der Waals surface area contributed by atoms with Crippen LogP contribution in [0.1, 0.15) is 51.7 Å². The van der Waals surface area contributed by atoms with Crippen LogP contribution in [-0.4, -0.2) is 0 Å². The molecule has 0 atom stereocenters. The number of halogens is 2. The van der Waals surface area contributed by atoms with Crippen molar-refractivity contribution in [2.24, 2.45) is 0 Å². The zero-order valence-corrected chi connectivity index (χ0v) is 19.3. The van der Waals surface area contributed by atoms with E-state index in [9.17, 15) is 0 Å². The Labute approximate surface area is 160 Å². The molecule has 0 aliphatic heterocycles. The molecule has 0 aliphatic carbocycles. The Balaban J connectivity index is 0. The third-order valence-corrected chi connectivity index (χ3v) is 2.60. The second-order valence-corrected chi connectivity index (χ2v) is 15.4. The van der Waals surface area contributed by atoms with Crippen molar-refractivity contribution in [1.29, 1.82) is 0 Å². The zero-order valence-electron chi connectivity index (χ0n) is 13.6. The minimum atomic E-state index is 0.484. The molecular weight excluding hydrogens is 521 g/mol. The summed E-state index contributed by atoms with van der Waals surface area (Å²) >= 11 is 4.74. The Morgan fingerprint density at radius 2 is 0.905 bits per heavy atom. The maximum absolute atomic E-state index is 2.37. The number of hydrogen-bond donors (Lipinski definition) is 0. The fourth-order valence-electron chi connectivity index (χ4n) is 1.68. The van der Waals surface area contributed by atoms with Gasteiger partial charge in [0.05, 0.1) is 0 Å². The maximum atomic E-state index is 2.37. The first kappa shape index (κ1) is 23.7. The van der Waals surface area contributed by atoms with Crippen molar-refractivity contribution in [2.45, 2.75) is 40.5 Å². The predicted molar refractivity (Wildman–Crippen MR) is 111 cm³/mol. The van der Waals surface area contributed by atoms with E-state index in [2.05, 4.69) is 108 Å². The molecule has 0 amide bonds. The average molecular weight is 547 g/mol. The van der Waals surface area contributed by atoms with E-state index >= 15 is 0 Å². The topological polar surface area (TPSA) is 0 Å².